The summed E-state index contributed by atoms with van der Waals surface area (Å²) in [6.07, 6.45) is 0.741. The van der Waals surface area contributed by atoms with Crippen LogP contribution in [0, 0.1) is 6.92 Å². The maximum absolute atomic E-state index is 12.2. The van der Waals surface area contributed by atoms with Crippen molar-refractivity contribution in [1.82, 2.24) is 0 Å². The number of halogens is 1. The van der Waals surface area contributed by atoms with E-state index < -0.39 is 12.1 Å². The van der Waals surface area contributed by atoms with Gasteiger partial charge in [-0.2, -0.15) is 0 Å². The minimum Gasteiger partial charge on any atom is -0.494 e. The molecule has 150 valence electrons. The largest absolute Gasteiger partial charge is 0.494 e. The fraction of sp³-hybridized carbons (Fsp3) is 0.364. The summed E-state index contributed by atoms with van der Waals surface area (Å²) in [5.41, 5.74) is 2.80. The highest BCUT2D eigenvalue weighted by molar-refractivity contribution is 6.31. The molecule has 0 heterocycles. The summed E-state index contributed by atoms with van der Waals surface area (Å²) in [6.45, 7) is 5.90. The monoisotopic (exact) mass is 403 g/mol. The molecule has 1 atom stereocenters. The first-order chi connectivity index (χ1) is 13.4. The van der Waals surface area contributed by atoms with Crippen molar-refractivity contribution in [1.29, 1.82) is 0 Å². The zero-order valence-electron chi connectivity index (χ0n) is 16.5. The third kappa shape index (κ3) is 6.89. The summed E-state index contributed by atoms with van der Waals surface area (Å²) >= 11 is 5.97. The van der Waals surface area contributed by atoms with Gasteiger partial charge >= 0.3 is 5.97 Å². The molecule has 1 amide bonds. The zero-order valence-corrected chi connectivity index (χ0v) is 17.2. The van der Waals surface area contributed by atoms with Crippen LogP contribution in [-0.4, -0.2) is 24.6 Å². The number of rotatable bonds is 9. The van der Waals surface area contributed by atoms with Crippen LogP contribution in [0.4, 0.5) is 5.69 Å². The van der Waals surface area contributed by atoms with Crippen molar-refractivity contribution in [2.24, 2.45) is 0 Å². The molecule has 0 aromatic heterocycles. The lowest BCUT2D eigenvalue weighted by molar-refractivity contribution is -0.153. The Bertz CT molecular complexity index is 805. The van der Waals surface area contributed by atoms with E-state index in [1.165, 1.54) is 5.56 Å². The molecule has 0 bridgehead atoms. The maximum atomic E-state index is 12.2. The fourth-order valence-electron chi connectivity index (χ4n) is 2.49. The molecule has 2 aromatic carbocycles. The number of esters is 1. The molecule has 2 rings (SSSR count). The van der Waals surface area contributed by atoms with Gasteiger partial charge < -0.3 is 14.8 Å². The third-order valence-electron chi connectivity index (χ3n) is 4.23. The first-order valence-electron chi connectivity index (χ1n) is 9.37. The van der Waals surface area contributed by atoms with Gasteiger partial charge in [-0.3, -0.25) is 9.59 Å². The van der Waals surface area contributed by atoms with E-state index in [0.717, 1.165) is 12.0 Å². The third-order valence-corrected chi connectivity index (χ3v) is 4.65. The van der Waals surface area contributed by atoms with Crippen LogP contribution >= 0.6 is 11.6 Å². The van der Waals surface area contributed by atoms with Crippen LogP contribution in [0.5, 0.6) is 5.75 Å². The quantitative estimate of drug-likeness (QED) is 0.475. The van der Waals surface area contributed by atoms with Crippen LogP contribution in [-0.2, 0) is 20.7 Å². The van der Waals surface area contributed by atoms with Crippen LogP contribution in [0.15, 0.2) is 42.5 Å². The highest BCUT2D eigenvalue weighted by atomic mass is 35.5. The van der Waals surface area contributed by atoms with Gasteiger partial charge in [0.25, 0.3) is 5.91 Å². The Balaban J connectivity index is 1.69. The van der Waals surface area contributed by atoms with Gasteiger partial charge in [0.15, 0.2) is 6.10 Å². The standard InChI is InChI=1S/C22H26ClNO4/c1-4-17-7-9-18(10-8-17)24-22(26)16(3)28-21(25)6-5-13-27-19-11-12-20(23)15(2)14-19/h7-12,14,16H,4-6,13H2,1-3H3,(H,24,26)/t16-/m0/s1. The summed E-state index contributed by atoms with van der Waals surface area (Å²) in [6, 6.07) is 13.0. The van der Waals surface area contributed by atoms with E-state index in [4.69, 9.17) is 21.1 Å². The molecule has 0 spiro atoms. The van der Waals surface area contributed by atoms with Crippen molar-refractivity contribution in [3.05, 3.63) is 58.6 Å². The Morgan fingerprint density at radius 2 is 1.86 bits per heavy atom. The first-order valence-corrected chi connectivity index (χ1v) is 9.75. The number of aryl methyl sites for hydroxylation is 2. The number of hydrogen-bond acceptors (Lipinski definition) is 4. The second-order valence-corrected chi connectivity index (χ2v) is 6.94. The number of carbonyl (C=O) groups excluding carboxylic acids is 2. The lowest BCUT2D eigenvalue weighted by Crippen LogP contribution is -2.30. The van der Waals surface area contributed by atoms with Gasteiger partial charge in [-0.05, 0) is 68.1 Å². The summed E-state index contributed by atoms with van der Waals surface area (Å²) in [7, 11) is 0. The lowest BCUT2D eigenvalue weighted by Gasteiger charge is -2.14. The smallest absolute Gasteiger partial charge is 0.306 e. The van der Waals surface area contributed by atoms with Crippen LogP contribution in [0.1, 0.15) is 37.8 Å². The van der Waals surface area contributed by atoms with Crippen LogP contribution in [0.25, 0.3) is 0 Å². The number of hydrogen-bond donors (Lipinski definition) is 1. The van der Waals surface area contributed by atoms with Crippen molar-refractivity contribution in [3.63, 3.8) is 0 Å². The van der Waals surface area contributed by atoms with Crippen molar-refractivity contribution in [2.45, 2.75) is 46.1 Å². The van der Waals surface area contributed by atoms with Crippen LogP contribution in [0.3, 0.4) is 0 Å². The fourth-order valence-corrected chi connectivity index (χ4v) is 2.61. The van der Waals surface area contributed by atoms with E-state index in [1.807, 2.05) is 37.3 Å². The molecule has 0 aliphatic rings. The number of carbonyl (C=O) groups is 2. The molecule has 0 saturated carbocycles. The van der Waals surface area contributed by atoms with Gasteiger partial charge in [-0.1, -0.05) is 30.7 Å². The van der Waals surface area contributed by atoms with Crippen molar-refractivity contribution < 1.29 is 19.1 Å². The van der Waals surface area contributed by atoms with E-state index in [9.17, 15) is 9.59 Å². The number of ether oxygens (including phenoxy) is 2. The van der Waals surface area contributed by atoms with E-state index in [-0.39, 0.29) is 12.3 Å². The first kappa shape index (κ1) is 21.8. The second kappa shape index (κ2) is 10.7. The van der Waals surface area contributed by atoms with Crippen molar-refractivity contribution >= 4 is 29.2 Å². The second-order valence-electron chi connectivity index (χ2n) is 6.53. The summed E-state index contributed by atoms with van der Waals surface area (Å²) in [5, 5.41) is 3.43. The maximum Gasteiger partial charge on any atom is 0.306 e. The number of nitrogens with one attached hydrogen (secondary N) is 1. The summed E-state index contributed by atoms with van der Waals surface area (Å²) < 4.78 is 10.8. The zero-order chi connectivity index (χ0) is 20.5. The van der Waals surface area contributed by atoms with Gasteiger partial charge in [-0.25, -0.2) is 0 Å². The summed E-state index contributed by atoms with van der Waals surface area (Å²) in [4.78, 5) is 24.1. The molecule has 0 saturated heterocycles. The Hall–Kier alpha value is -2.53. The Morgan fingerprint density at radius 1 is 1.14 bits per heavy atom. The predicted molar refractivity (Wildman–Crippen MR) is 111 cm³/mol. The molecule has 28 heavy (non-hydrogen) atoms. The highest BCUT2D eigenvalue weighted by Crippen LogP contribution is 2.21. The number of amides is 1. The lowest BCUT2D eigenvalue weighted by atomic mass is 10.1. The minimum atomic E-state index is -0.863. The van der Waals surface area contributed by atoms with Crippen LogP contribution in [0.2, 0.25) is 5.02 Å². The molecule has 0 aliphatic heterocycles. The van der Waals surface area contributed by atoms with E-state index in [1.54, 1.807) is 19.1 Å². The van der Waals surface area contributed by atoms with Gasteiger partial charge in [0, 0.05) is 17.1 Å². The molecule has 2 aromatic rings. The average Bonchev–Trinajstić information content (AvgIpc) is 2.68. The minimum absolute atomic E-state index is 0.176. The van der Waals surface area contributed by atoms with Gasteiger partial charge in [0.1, 0.15) is 5.75 Å². The molecule has 0 unspecified atom stereocenters. The van der Waals surface area contributed by atoms with Crippen molar-refractivity contribution in [3.8, 4) is 5.75 Å². The Kier molecular flexibility index (Phi) is 8.33. The predicted octanol–water partition coefficient (Wildman–Crippen LogP) is 4.94. The molecule has 0 aliphatic carbocycles. The average molecular weight is 404 g/mol. The molecule has 6 heteroatoms. The Labute approximate surface area is 171 Å². The van der Waals surface area contributed by atoms with Crippen molar-refractivity contribution in [2.75, 3.05) is 11.9 Å². The molecular formula is C22H26ClNO4. The molecule has 0 radical (unpaired) electrons. The molecule has 5 nitrogen and oxygen atoms in total. The van der Waals surface area contributed by atoms with Gasteiger partial charge in [-0.15, -0.1) is 0 Å². The normalized spacial score (nSPS) is 11.6. The van der Waals surface area contributed by atoms with E-state index >= 15 is 0 Å². The Morgan fingerprint density at radius 3 is 2.50 bits per heavy atom. The molecular weight excluding hydrogens is 378 g/mol. The van der Waals surface area contributed by atoms with Gasteiger partial charge in [0.05, 0.1) is 6.61 Å². The SMILES string of the molecule is CCc1ccc(NC(=O)[C@H](C)OC(=O)CCCOc2ccc(Cl)c(C)c2)cc1. The van der Waals surface area contributed by atoms with Gasteiger partial charge in [0.2, 0.25) is 0 Å². The number of anilines is 1. The number of benzene rings is 2. The molecule has 0 fully saturated rings. The van der Waals surface area contributed by atoms with E-state index in [0.29, 0.717) is 29.5 Å². The topological polar surface area (TPSA) is 64.6 Å². The van der Waals surface area contributed by atoms with E-state index in [2.05, 4.69) is 12.2 Å². The summed E-state index contributed by atoms with van der Waals surface area (Å²) in [5.74, 6) is -0.0811. The highest BCUT2D eigenvalue weighted by Gasteiger charge is 2.17. The molecule has 1 N–H and O–H groups in total. The van der Waals surface area contributed by atoms with Crippen LogP contribution < -0.4 is 10.1 Å².